The minimum Gasteiger partial charge on any atom is -0.382 e. The van der Waals surface area contributed by atoms with E-state index in [0.717, 1.165) is 0 Å². The van der Waals surface area contributed by atoms with Crippen molar-refractivity contribution in [2.75, 3.05) is 5.32 Å². The maximum absolute atomic E-state index is 3.56. The van der Waals surface area contributed by atoms with Crippen LogP contribution in [-0.4, -0.2) is 6.04 Å². The van der Waals surface area contributed by atoms with E-state index in [0.29, 0.717) is 6.04 Å². The number of aryl methyl sites for hydroxylation is 3. The SMILES string of the molecule is Cc1ccc(-c2ccc3c(c2)CCC(C)N3)cc1C. The van der Waals surface area contributed by atoms with Crippen molar-refractivity contribution in [3.8, 4) is 11.1 Å². The summed E-state index contributed by atoms with van der Waals surface area (Å²) in [7, 11) is 0. The highest BCUT2D eigenvalue weighted by Crippen LogP contribution is 2.30. The molecule has 0 amide bonds. The summed E-state index contributed by atoms with van der Waals surface area (Å²) in [5.41, 5.74) is 8.14. The predicted molar refractivity (Wildman–Crippen MR) is 82.8 cm³/mol. The fraction of sp³-hybridized carbons (Fsp3) is 0.333. The van der Waals surface area contributed by atoms with E-state index in [4.69, 9.17) is 0 Å². The summed E-state index contributed by atoms with van der Waals surface area (Å²) in [5.74, 6) is 0. The number of hydrogen-bond acceptors (Lipinski definition) is 1. The van der Waals surface area contributed by atoms with Crippen molar-refractivity contribution >= 4 is 5.69 Å². The molecular weight excluding hydrogens is 230 g/mol. The lowest BCUT2D eigenvalue weighted by Gasteiger charge is -2.24. The third-order valence-electron chi connectivity index (χ3n) is 4.19. The number of benzene rings is 2. The van der Waals surface area contributed by atoms with Crippen LogP contribution in [0, 0.1) is 13.8 Å². The topological polar surface area (TPSA) is 12.0 Å². The van der Waals surface area contributed by atoms with Gasteiger partial charge in [-0.15, -0.1) is 0 Å². The zero-order chi connectivity index (χ0) is 13.4. The summed E-state index contributed by atoms with van der Waals surface area (Å²) in [6, 6.07) is 14.1. The fourth-order valence-corrected chi connectivity index (χ4v) is 2.75. The number of anilines is 1. The Morgan fingerprint density at radius 2 is 1.68 bits per heavy atom. The van der Waals surface area contributed by atoms with Gasteiger partial charge < -0.3 is 5.32 Å². The van der Waals surface area contributed by atoms with Crippen molar-refractivity contribution in [2.24, 2.45) is 0 Å². The fourth-order valence-electron chi connectivity index (χ4n) is 2.75. The van der Waals surface area contributed by atoms with E-state index >= 15 is 0 Å². The maximum atomic E-state index is 3.56. The predicted octanol–water partition coefficient (Wildman–Crippen LogP) is 4.72. The molecule has 0 bridgehead atoms. The molecule has 3 rings (SSSR count). The van der Waals surface area contributed by atoms with E-state index in [1.54, 1.807) is 0 Å². The molecule has 1 atom stereocenters. The van der Waals surface area contributed by atoms with Crippen LogP contribution in [0.15, 0.2) is 36.4 Å². The summed E-state index contributed by atoms with van der Waals surface area (Å²) < 4.78 is 0. The lowest BCUT2D eigenvalue weighted by Crippen LogP contribution is -2.21. The van der Waals surface area contributed by atoms with E-state index in [1.165, 1.54) is 46.3 Å². The van der Waals surface area contributed by atoms with Crippen LogP contribution >= 0.6 is 0 Å². The van der Waals surface area contributed by atoms with Crippen molar-refractivity contribution in [3.63, 3.8) is 0 Å². The second-order valence-corrected chi connectivity index (χ2v) is 5.76. The van der Waals surface area contributed by atoms with Crippen LogP contribution in [0.25, 0.3) is 11.1 Å². The van der Waals surface area contributed by atoms with Crippen LogP contribution in [-0.2, 0) is 6.42 Å². The van der Waals surface area contributed by atoms with Gasteiger partial charge in [-0.05, 0) is 73.6 Å². The lowest BCUT2D eigenvalue weighted by atomic mass is 9.94. The molecule has 0 fully saturated rings. The number of nitrogens with one attached hydrogen (secondary N) is 1. The minimum absolute atomic E-state index is 0.597. The molecule has 0 radical (unpaired) electrons. The number of hydrogen-bond donors (Lipinski definition) is 1. The summed E-state index contributed by atoms with van der Waals surface area (Å²) >= 11 is 0. The zero-order valence-corrected chi connectivity index (χ0v) is 12.0. The van der Waals surface area contributed by atoms with Gasteiger partial charge in [-0.3, -0.25) is 0 Å². The van der Waals surface area contributed by atoms with Gasteiger partial charge in [0.05, 0.1) is 0 Å². The Hall–Kier alpha value is -1.76. The van der Waals surface area contributed by atoms with Crippen LogP contribution in [0.5, 0.6) is 0 Å². The highest BCUT2D eigenvalue weighted by atomic mass is 14.9. The average Bonchev–Trinajstić information content (AvgIpc) is 2.41. The molecule has 1 nitrogen and oxygen atoms in total. The van der Waals surface area contributed by atoms with Gasteiger partial charge in [0.15, 0.2) is 0 Å². The Morgan fingerprint density at radius 3 is 2.47 bits per heavy atom. The van der Waals surface area contributed by atoms with Gasteiger partial charge in [0.2, 0.25) is 0 Å². The van der Waals surface area contributed by atoms with Crippen molar-refractivity contribution in [3.05, 3.63) is 53.1 Å². The molecule has 1 heteroatoms. The van der Waals surface area contributed by atoms with E-state index in [2.05, 4.69) is 62.5 Å². The molecule has 0 aliphatic carbocycles. The first kappa shape index (κ1) is 12.3. The second-order valence-electron chi connectivity index (χ2n) is 5.76. The monoisotopic (exact) mass is 251 g/mol. The highest BCUT2D eigenvalue weighted by molar-refractivity contribution is 5.70. The molecule has 1 N–H and O–H groups in total. The molecule has 1 aliphatic rings. The van der Waals surface area contributed by atoms with Gasteiger partial charge in [0.25, 0.3) is 0 Å². The minimum atomic E-state index is 0.597. The second kappa shape index (κ2) is 4.73. The first-order valence-electron chi connectivity index (χ1n) is 7.10. The smallest absolute Gasteiger partial charge is 0.0375 e. The van der Waals surface area contributed by atoms with E-state index in [-0.39, 0.29) is 0 Å². The summed E-state index contributed by atoms with van der Waals surface area (Å²) in [4.78, 5) is 0. The standard InChI is InChI=1S/C18H21N/c1-12-4-6-15(10-13(12)2)16-8-9-18-17(11-16)7-5-14(3)19-18/h4,6,8-11,14,19H,5,7H2,1-3H3. The van der Waals surface area contributed by atoms with Crippen molar-refractivity contribution < 1.29 is 0 Å². The van der Waals surface area contributed by atoms with Gasteiger partial charge >= 0.3 is 0 Å². The molecule has 2 aromatic carbocycles. The molecule has 98 valence electrons. The van der Waals surface area contributed by atoms with Gasteiger partial charge in [-0.25, -0.2) is 0 Å². The quantitative estimate of drug-likeness (QED) is 0.773. The largest absolute Gasteiger partial charge is 0.382 e. The molecule has 19 heavy (non-hydrogen) atoms. The van der Waals surface area contributed by atoms with Crippen LogP contribution in [0.3, 0.4) is 0 Å². The molecule has 1 unspecified atom stereocenters. The van der Waals surface area contributed by atoms with Crippen molar-refractivity contribution in [1.29, 1.82) is 0 Å². The Bertz CT molecular complexity index is 613. The molecule has 0 saturated carbocycles. The molecule has 0 saturated heterocycles. The Labute approximate surface area is 115 Å². The van der Waals surface area contributed by atoms with Gasteiger partial charge in [0, 0.05) is 11.7 Å². The van der Waals surface area contributed by atoms with Crippen LogP contribution < -0.4 is 5.32 Å². The molecule has 0 aromatic heterocycles. The van der Waals surface area contributed by atoms with Crippen LogP contribution in [0.2, 0.25) is 0 Å². The third-order valence-corrected chi connectivity index (χ3v) is 4.19. The summed E-state index contributed by atoms with van der Waals surface area (Å²) in [5, 5.41) is 3.56. The Kier molecular flexibility index (Phi) is 3.06. The average molecular weight is 251 g/mol. The first-order chi connectivity index (χ1) is 9.13. The highest BCUT2D eigenvalue weighted by Gasteiger charge is 2.14. The molecule has 0 spiro atoms. The normalized spacial score (nSPS) is 17.7. The summed E-state index contributed by atoms with van der Waals surface area (Å²) in [6.07, 6.45) is 2.41. The van der Waals surface area contributed by atoms with Crippen molar-refractivity contribution in [2.45, 2.75) is 39.7 Å². The van der Waals surface area contributed by atoms with Crippen LogP contribution in [0.1, 0.15) is 30.0 Å². The first-order valence-corrected chi connectivity index (χ1v) is 7.10. The number of fused-ring (bicyclic) bond motifs is 1. The van der Waals surface area contributed by atoms with E-state index < -0.39 is 0 Å². The van der Waals surface area contributed by atoms with Crippen LogP contribution in [0.4, 0.5) is 5.69 Å². The summed E-state index contributed by atoms with van der Waals surface area (Å²) in [6.45, 7) is 6.60. The maximum Gasteiger partial charge on any atom is 0.0375 e. The molecule has 1 aliphatic heterocycles. The molecule has 1 heterocycles. The number of rotatable bonds is 1. The van der Waals surface area contributed by atoms with Gasteiger partial charge in [-0.2, -0.15) is 0 Å². The third kappa shape index (κ3) is 2.37. The van der Waals surface area contributed by atoms with Crippen molar-refractivity contribution in [1.82, 2.24) is 0 Å². The Balaban J connectivity index is 2.00. The zero-order valence-electron chi connectivity index (χ0n) is 12.0. The Morgan fingerprint density at radius 1 is 0.947 bits per heavy atom. The molecule has 2 aromatic rings. The van der Waals surface area contributed by atoms with Gasteiger partial charge in [0.1, 0.15) is 0 Å². The molecular formula is C18H21N. The van der Waals surface area contributed by atoms with E-state index in [1.807, 2.05) is 0 Å². The van der Waals surface area contributed by atoms with E-state index in [9.17, 15) is 0 Å². The lowest BCUT2D eigenvalue weighted by molar-refractivity contribution is 0.681. The van der Waals surface area contributed by atoms with Gasteiger partial charge in [-0.1, -0.05) is 24.3 Å².